The van der Waals surface area contributed by atoms with Gasteiger partial charge in [-0.2, -0.15) is 0 Å². The molecule has 1 saturated heterocycles. The average molecular weight is 386 g/mol. The van der Waals surface area contributed by atoms with Crippen molar-refractivity contribution in [3.05, 3.63) is 71.5 Å². The number of nitrogens with zero attached hydrogens (tertiary/aromatic N) is 5. The molecule has 1 fully saturated rings. The summed E-state index contributed by atoms with van der Waals surface area (Å²) < 4.78 is 0. The molecule has 2 aliphatic heterocycles. The van der Waals surface area contributed by atoms with Crippen LogP contribution in [0.1, 0.15) is 17.0 Å². The Bertz CT molecular complexity index is 1020. The maximum atomic E-state index is 4.77. The third-order valence-corrected chi connectivity index (χ3v) is 5.95. The number of aromatic nitrogens is 2. The maximum absolute atomic E-state index is 4.77. The number of rotatable bonds is 3. The number of anilines is 4. The molecule has 0 atom stereocenters. The molecule has 0 saturated carbocycles. The van der Waals surface area contributed by atoms with Crippen LogP contribution in [0.4, 0.5) is 23.0 Å². The van der Waals surface area contributed by atoms with Crippen LogP contribution in [0.5, 0.6) is 0 Å². The highest BCUT2D eigenvalue weighted by Gasteiger charge is 2.24. The Morgan fingerprint density at radius 2 is 1.48 bits per heavy atom. The average Bonchev–Trinajstić information content (AvgIpc) is 3.18. The van der Waals surface area contributed by atoms with Crippen molar-refractivity contribution in [3.8, 4) is 0 Å². The van der Waals surface area contributed by atoms with Crippen LogP contribution in [0.25, 0.3) is 0 Å². The first-order chi connectivity index (χ1) is 14.2. The highest BCUT2D eigenvalue weighted by molar-refractivity contribution is 5.69. The largest absolute Gasteiger partial charge is 0.368 e. The summed E-state index contributed by atoms with van der Waals surface area (Å²) in [5.41, 5.74) is 5.31. The Hall–Kier alpha value is -3.08. The van der Waals surface area contributed by atoms with Gasteiger partial charge in [0.05, 0.1) is 0 Å². The lowest BCUT2D eigenvalue weighted by Crippen LogP contribution is -2.47. The number of piperazine rings is 1. The smallest absolute Gasteiger partial charge is 0.138 e. The van der Waals surface area contributed by atoms with Gasteiger partial charge in [0, 0.05) is 50.2 Å². The first-order valence-electron chi connectivity index (χ1n) is 10.4. The predicted molar refractivity (Wildman–Crippen MR) is 120 cm³/mol. The van der Waals surface area contributed by atoms with Crippen molar-refractivity contribution in [1.29, 1.82) is 0 Å². The lowest BCUT2D eigenvalue weighted by Gasteiger charge is -2.37. The molecule has 2 aliphatic rings. The highest BCUT2D eigenvalue weighted by atomic mass is 15.3. The SMILES string of the molecule is Cc1cccc(N2CCN(c3cc(N4CCc5ccccc54)nc(C)n3)CC2)c1. The minimum atomic E-state index is 0.836. The molecule has 0 N–H and O–H groups in total. The van der Waals surface area contributed by atoms with Gasteiger partial charge in [0.2, 0.25) is 0 Å². The number of aryl methyl sites for hydroxylation is 2. The van der Waals surface area contributed by atoms with E-state index in [0.29, 0.717) is 0 Å². The van der Waals surface area contributed by atoms with Gasteiger partial charge in [-0.05, 0) is 49.6 Å². The number of benzene rings is 2. The molecule has 0 aliphatic carbocycles. The van der Waals surface area contributed by atoms with Crippen molar-refractivity contribution < 1.29 is 0 Å². The Kier molecular flexibility index (Phi) is 4.58. The fourth-order valence-corrected chi connectivity index (χ4v) is 4.43. The van der Waals surface area contributed by atoms with Crippen molar-refractivity contribution in [2.45, 2.75) is 20.3 Å². The molecule has 2 aromatic carbocycles. The summed E-state index contributed by atoms with van der Waals surface area (Å²) in [6.07, 6.45) is 1.07. The summed E-state index contributed by atoms with van der Waals surface area (Å²) in [6, 6.07) is 19.6. The van der Waals surface area contributed by atoms with Crippen LogP contribution >= 0.6 is 0 Å². The first-order valence-corrected chi connectivity index (χ1v) is 10.4. The summed E-state index contributed by atoms with van der Waals surface area (Å²) in [5.74, 6) is 2.89. The van der Waals surface area contributed by atoms with E-state index in [9.17, 15) is 0 Å². The zero-order chi connectivity index (χ0) is 19.8. The van der Waals surface area contributed by atoms with Crippen LogP contribution in [0.3, 0.4) is 0 Å². The molecule has 5 nitrogen and oxygen atoms in total. The summed E-state index contributed by atoms with van der Waals surface area (Å²) in [5, 5.41) is 0. The monoisotopic (exact) mass is 385 g/mol. The van der Waals surface area contributed by atoms with E-state index in [1.54, 1.807) is 0 Å². The van der Waals surface area contributed by atoms with Gasteiger partial charge >= 0.3 is 0 Å². The van der Waals surface area contributed by atoms with Gasteiger partial charge in [-0.3, -0.25) is 0 Å². The van der Waals surface area contributed by atoms with E-state index in [1.165, 1.54) is 22.5 Å². The van der Waals surface area contributed by atoms with E-state index in [0.717, 1.165) is 56.6 Å². The fourth-order valence-electron chi connectivity index (χ4n) is 4.43. The van der Waals surface area contributed by atoms with Gasteiger partial charge in [-0.25, -0.2) is 9.97 Å². The molecule has 3 aromatic rings. The first kappa shape index (κ1) is 18.0. The van der Waals surface area contributed by atoms with E-state index in [1.807, 2.05) is 6.92 Å². The minimum absolute atomic E-state index is 0.836. The van der Waals surface area contributed by atoms with E-state index in [2.05, 4.69) is 76.2 Å². The van der Waals surface area contributed by atoms with E-state index < -0.39 is 0 Å². The lowest BCUT2D eigenvalue weighted by molar-refractivity contribution is 0.645. The molecular weight excluding hydrogens is 358 g/mol. The van der Waals surface area contributed by atoms with Crippen molar-refractivity contribution in [2.75, 3.05) is 47.4 Å². The Morgan fingerprint density at radius 1 is 0.724 bits per heavy atom. The highest BCUT2D eigenvalue weighted by Crippen LogP contribution is 2.34. The van der Waals surface area contributed by atoms with Crippen molar-refractivity contribution in [2.24, 2.45) is 0 Å². The normalized spacial score (nSPS) is 16.3. The van der Waals surface area contributed by atoms with Crippen LogP contribution in [-0.4, -0.2) is 42.7 Å². The van der Waals surface area contributed by atoms with Crippen LogP contribution < -0.4 is 14.7 Å². The topological polar surface area (TPSA) is 35.5 Å². The van der Waals surface area contributed by atoms with Gasteiger partial charge in [0.1, 0.15) is 17.5 Å². The van der Waals surface area contributed by atoms with E-state index in [4.69, 9.17) is 9.97 Å². The molecular formula is C24H27N5. The summed E-state index contributed by atoms with van der Waals surface area (Å²) in [7, 11) is 0. The third kappa shape index (κ3) is 3.53. The van der Waals surface area contributed by atoms with Crippen molar-refractivity contribution >= 4 is 23.0 Å². The minimum Gasteiger partial charge on any atom is -0.368 e. The molecule has 0 spiro atoms. The summed E-state index contributed by atoms with van der Waals surface area (Å²) >= 11 is 0. The van der Waals surface area contributed by atoms with E-state index >= 15 is 0 Å². The fraction of sp³-hybridized carbons (Fsp3) is 0.333. The number of hydrogen-bond acceptors (Lipinski definition) is 5. The van der Waals surface area contributed by atoms with Gasteiger partial charge in [0.25, 0.3) is 0 Å². The van der Waals surface area contributed by atoms with Gasteiger partial charge in [-0.1, -0.05) is 30.3 Å². The molecule has 0 unspecified atom stereocenters. The number of para-hydroxylation sites is 1. The second-order valence-electron chi connectivity index (χ2n) is 7.98. The Labute approximate surface area is 172 Å². The van der Waals surface area contributed by atoms with Crippen LogP contribution in [0.15, 0.2) is 54.6 Å². The maximum Gasteiger partial charge on any atom is 0.138 e. The van der Waals surface area contributed by atoms with Crippen molar-refractivity contribution in [3.63, 3.8) is 0 Å². The summed E-state index contributed by atoms with van der Waals surface area (Å²) in [6.45, 7) is 9.10. The zero-order valence-corrected chi connectivity index (χ0v) is 17.2. The molecule has 1 aromatic heterocycles. The molecule has 29 heavy (non-hydrogen) atoms. The Balaban J connectivity index is 1.35. The molecule has 5 rings (SSSR count). The van der Waals surface area contributed by atoms with Crippen molar-refractivity contribution in [1.82, 2.24) is 9.97 Å². The van der Waals surface area contributed by atoms with Gasteiger partial charge in [0.15, 0.2) is 0 Å². The second-order valence-corrected chi connectivity index (χ2v) is 7.98. The molecule has 0 radical (unpaired) electrons. The third-order valence-electron chi connectivity index (χ3n) is 5.95. The molecule has 0 bridgehead atoms. The lowest BCUT2D eigenvalue weighted by atomic mass is 10.2. The summed E-state index contributed by atoms with van der Waals surface area (Å²) in [4.78, 5) is 16.7. The van der Waals surface area contributed by atoms with Gasteiger partial charge in [-0.15, -0.1) is 0 Å². The van der Waals surface area contributed by atoms with Crippen LogP contribution in [0.2, 0.25) is 0 Å². The molecule has 5 heteroatoms. The Morgan fingerprint density at radius 3 is 2.31 bits per heavy atom. The number of hydrogen-bond donors (Lipinski definition) is 0. The molecule has 3 heterocycles. The standard InChI is InChI=1S/C24H27N5/c1-18-6-5-8-21(16-18)27-12-14-28(15-13-27)23-17-24(26-19(2)25-23)29-11-10-20-7-3-4-9-22(20)29/h3-9,16-17H,10-15H2,1-2H3. The molecule has 0 amide bonds. The number of fused-ring (bicyclic) bond motifs is 1. The zero-order valence-electron chi connectivity index (χ0n) is 17.2. The quantitative estimate of drug-likeness (QED) is 0.678. The van der Waals surface area contributed by atoms with Gasteiger partial charge < -0.3 is 14.7 Å². The van der Waals surface area contributed by atoms with Crippen LogP contribution in [-0.2, 0) is 6.42 Å². The predicted octanol–water partition coefficient (Wildman–Crippen LogP) is 4.11. The second kappa shape index (κ2) is 7.39. The van der Waals surface area contributed by atoms with Crippen LogP contribution in [0, 0.1) is 13.8 Å². The molecule has 148 valence electrons. The van der Waals surface area contributed by atoms with E-state index in [-0.39, 0.29) is 0 Å².